The summed E-state index contributed by atoms with van der Waals surface area (Å²) in [5, 5.41) is 35.6. The highest BCUT2D eigenvalue weighted by Gasteiger charge is 2.39. The van der Waals surface area contributed by atoms with Gasteiger partial charge in [-0.3, -0.25) is 4.90 Å². The number of methoxy groups -OCH3 is 1. The Kier molecular flexibility index (Phi) is 7.23. The van der Waals surface area contributed by atoms with E-state index in [1.807, 2.05) is 0 Å². The molecule has 39 heavy (non-hydrogen) atoms. The molecule has 0 saturated heterocycles. The number of hydrogen-bond donors (Lipinski definition) is 4. The van der Waals surface area contributed by atoms with E-state index < -0.39 is 36.0 Å². The molecule has 2 heterocycles. The molecule has 9 nitrogen and oxygen atoms in total. The van der Waals surface area contributed by atoms with Crippen LogP contribution in [-0.4, -0.2) is 47.4 Å². The summed E-state index contributed by atoms with van der Waals surface area (Å²) in [6.07, 6.45) is -1.86. The van der Waals surface area contributed by atoms with Crippen molar-refractivity contribution >= 4 is 34.4 Å². The molecule has 1 aromatic heterocycles. The van der Waals surface area contributed by atoms with E-state index >= 15 is 4.39 Å². The number of nitrogens with zero attached hydrogens (tertiary/aromatic N) is 2. The standard InChI is InChI=1S/C26H26F3N3O6S/c1-3-38-19-7-6-14(27)22(29)13(19)10-31(12-4-5-12)18-9-17(15(28)8-20(18)37-2)32-24(33)21-16(30-26(32)36)11-39-23(21)25(34)35/h6-9,11-12,24,26,30,33,36H,3-5,10H2,1-2H3,(H,34,35). The number of aromatic carboxylic acids is 1. The molecule has 0 bridgehead atoms. The first-order chi connectivity index (χ1) is 18.7. The number of hydrogen-bond acceptors (Lipinski definition) is 9. The van der Waals surface area contributed by atoms with E-state index in [4.69, 9.17) is 9.47 Å². The summed E-state index contributed by atoms with van der Waals surface area (Å²) in [5.41, 5.74) is 0.216. The highest BCUT2D eigenvalue weighted by Crippen LogP contribution is 2.46. The molecule has 2 unspecified atom stereocenters. The summed E-state index contributed by atoms with van der Waals surface area (Å²) in [6.45, 7) is 1.81. The van der Waals surface area contributed by atoms with E-state index in [0.717, 1.165) is 41.2 Å². The van der Waals surface area contributed by atoms with Gasteiger partial charge >= 0.3 is 5.97 Å². The van der Waals surface area contributed by atoms with Gasteiger partial charge in [0.15, 0.2) is 23.7 Å². The maximum absolute atomic E-state index is 15.5. The Balaban J connectivity index is 1.60. The van der Waals surface area contributed by atoms with Crippen LogP contribution in [0.15, 0.2) is 29.6 Å². The Bertz CT molecular complexity index is 1420. The van der Waals surface area contributed by atoms with E-state index in [2.05, 4.69) is 5.32 Å². The van der Waals surface area contributed by atoms with Gasteiger partial charge < -0.3 is 35.0 Å². The smallest absolute Gasteiger partial charge is 0.346 e. The molecule has 13 heteroatoms. The first-order valence-electron chi connectivity index (χ1n) is 12.2. The number of aliphatic hydroxyl groups is 2. The van der Waals surface area contributed by atoms with E-state index in [1.54, 1.807) is 11.8 Å². The van der Waals surface area contributed by atoms with Crippen LogP contribution in [0.3, 0.4) is 0 Å². The molecule has 208 valence electrons. The summed E-state index contributed by atoms with van der Waals surface area (Å²) in [4.78, 5) is 14.2. The van der Waals surface area contributed by atoms with Gasteiger partial charge in [0.1, 0.15) is 16.4 Å². The molecular formula is C26H26F3N3O6S. The van der Waals surface area contributed by atoms with Crippen molar-refractivity contribution in [2.45, 2.75) is 44.9 Å². The topological polar surface area (TPSA) is 115 Å². The first kappa shape index (κ1) is 26.9. The Morgan fingerprint density at radius 1 is 1.18 bits per heavy atom. The maximum atomic E-state index is 15.5. The maximum Gasteiger partial charge on any atom is 0.346 e. The summed E-state index contributed by atoms with van der Waals surface area (Å²) < 4.78 is 55.6. The zero-order chi connectivity index (χ0) is 28.0. The molecule has 5 rings (SSSR count). The lowest BCUT2D eigenvalue weighted by molar-refractivity contribution is 0.0675. The van der Waals surface area contributed by atoms with Crippen LogP contribution in [-0.2, 0) is 6.54 Å². The van der Waals surface area contributed by atoms with Crippen molar-refractivity contribution in [3.63, 3.8) is 0 Å². The molecule has 2 aromatic carbocycles. The minimum atomic E-state index is -1.70. The predicted molar refractivity (Wildman–Crippen MR) is 138 cm³/mol. The molecule has 1 aliphatic carbocycles. The lowest BCUT2D eigenvalue weighted by atomic mass is 10.1. The fraction of sp³-hybridized carbons (Fsp3) is 0.346. The van der Waals surface area contributed by atoms with Gasteiger partial charge in [0.05, 0.1) is 42.9 Å². The normalized spacial score (nSPS) is 18.4. The summed E-state index contributed by atoms with van der Waals surface area (Å²) >= 11 is 0.856. The van der Waals surface area contributed by atoms with Crippen LogP contribution in [0.1, 0.15) is 46.8 Å². The Morgan fingerprint density at radius 3 is 2.56 bits per heavy atom. The molecule has 1 aliphatic heterocycles. The van der Waals surface area contributed by atoms with Crippen LogP contribution < -0.4 is 24.6 Å². The number of benzene rings is 2. The Hall–Kier alpha value is -3.68. The SMILES string of the molecule is CCOc1ccc(F)c(F)c1CN(c1cc(N2C(O)Nc3csc(C(=O)O)c3C2O)c(F)cc1OC)C1CC1. The number of nitrogens with one attached hydrogen (secondary N) is 1. The monoisotopic (exact) mass is 565 g/mol. The molecule has 1 fully saturated rings. The lowest BCUT2D eigenvalue weighted by Crippen LogP contribution is -2.47. The zero-order valence-electron chi connectivity index (χ0n) is 21.0. The number of carbonyl (C=O) groups is 1. The molecular weight excluding hydrogens is 539 g/mol. The van der Waals surface area contributed by atoms with Crippen molar-refractivity contribution in [2.75, 3.05) is 28.8 Å². The van der Waals surface area contributed by atoms with Crippen molar-refractivity contribution in [3.05, 3.63) is 63.1 Å². The molecule has 0 amide bonds. The third kappa shape index (κ3) is 4.81. The summed E-state index contributed by atoms with van der Waals surface area (Å²) in [5.74, 6) is -3.99. The van der Waals surface area contributed by atoms with Crippen molar-refractivity contribution in [1.82, 2.24) is 0 Å². The number of rotatable bonds is 9. The number of thiophene rings is 1. The second-order valence-electron chi connectivity index (χ2n) is 9.10. The highest BCUT2D eigenvalue weighted by molar-refractivity contribution is 7.12. The highest BCUT2D eigenvalue weighted by atomic mass is 32.1. The van der Waals surface area contributed by atoms with Gasteiger partial charge in [0.2, 0.25) is 6.35 Å². The minimum Gasteiger partial charge on any atom is -0.494 e. The van der Waals surface area contributed by atoms with E-state index in [9.17, 15) is 28.9 Å². The van der Waals surface area contributed by atoms with Gasteiger partial charge in [-0.05, 0) is 38.0 Å². The molecule has 0 radical (unpaired) electrons. The van der Waals surface area contributed by atoms with Gasteiger partial charge in [-0.2, -0.15) is 0 Å². The van der Waals surface area contributed by atoms with Crippen LogP contribution in [0.2, 0.25) is 0 Å². The van der Waals surface area contributed by atoms with Gasteiger partial charge in [-0.1, -0.05) is 0 Å². The Labute approximate surface area is 225 Å². The van der Waals surface area contributed by atoms with Crippen molar-refractivity contribution in [2.24, 2.45) is 0 Å². The lowest BCUT2D eigenvalue weighted by Gasteiger charge is -2.40. The summed E-state index contributed by atoms with van der Waals surface area (Å²) in [6, 6.07) is 4.62. The number of anilines is 3. The molecule has 0 spiro atoms. The van der Waals surface area contributed by atoms with Gasteiger partial charge in [0.25, 0.3) is 0 Å². The minimum absolute atomic E-state index is 0.0168. The van der Waals surface area contributed by atoms with E-state index in [0.29, 0.717) is 5.69 Å². The van der Waals surface area contributed by atoms with Crippen LogP contribution in [0.25, 0.3) is 0 Å². The third-order valence-electron chi connectivity index (χ3n) is 6.70. The fourth-order valence-electron chi connectivity index (χ4n) is 4.74. The fourth-order valence-corrected chi connectivity index (χ4v) is 5.62. The summed E-state index contributed by atoms with van der Waals surface area (Å²) in [7, 11) is 1.33. The molecule has 2 atom stereocenters. The number of carboxylic acid groups (broad SMARTS) is 1. The van der Waals surface area contributed by atoms with Crippen molar-refractivity contribution in [1.29, 1.82) is 0 Å². The first-order valence-corrected chi connectivity index (χ1v) is 13.0. The number of ether oxygens (including phenoxy) is 2. The largest absolute Gasteiger partial charge is 0.494 e. The average molecular weight is 566 g/mol. The number of halogens is 3. The molecule has 4 N–H and O–H groups in total. The van der Waals surface area contributed by atoms with Gasteiger partial charge in [0, 0.05) is 23.1 Å². The second-order valence-corrected chi connectivity index (χ2v) is 9.98. The molecule has 1 saturated carbocycles. The number of carboxylic acids is 1. The average Bonchev–Trinajstić information content (AvgIpc) is 3.65. The van der Waals surface area contributed by atoms with E-state index in [1.165, 1.54) is 24.6 Å². The van der Waals surface area contributed by atoms with Crippen LogP contribution in [0.4, 0.5) is 30.2 Å². The van der Waals surface area contributed by atoms with Gasteiger partial charge in [-0.15, -0.1) is 11.3 Å². The van der Waals surface area contributed by atoms with Crippen molar-refractivity contribution in [3.8, 4) is 11.5 Å². The molecule has 2 aliphatic rings. The zero-order valence-corrected chi connectivity index (χ0v) is 21.8. The van der Waals surface area contributed by atoms with Crippen molar-refractivity contribution < 1.29 is 42.8 Å². The third-order valence-corrected chi connectivity index (χ3v) is 7.68. The quantitative estimate of drug-likeness (QED) is 0.295. The van der Waals surface area contributed by atoms with Crippen LogP contribution >= 0.6 is 11.3 Å². The second kappa shape index (κ2) is 10.5. The van der Waals surface area contributed by atoms with E-state index in [-0.39, 0.29) is 58.1 Å². The van der Waals surface area contributed by atoms with Gasteiger partial charge in [-0.25, -0.2) is 18.0 Å². The van der Waals surface area contributed by atoms with Crippen LogP contribution in [0.5, 0.6) is 11.5 Å². The predicted octanol–water partition coefficient (Wildman–Crippen LogP) is 4.64. The van der Waals surface area contributed by atoms with Crippen LogP contribution in [0, 0.1) is 17.5 Å². The molecule has 3 aromatic rings. The Morgan fingerprint density at radius 2 is 1.92 bits per heavy atom. The number of aliphatic hydroxyl groups excluding tert-OH is 2. The number of fused-ring (bicyclic) bond motifs is 1.